The second-order valence-electron chi connectivity index (χ2n) is 18.4. The maximum atomic E-state index is 12.9. The molecular formula is C52H64N4O12. The highest BCUT2D eigenvalue weighted by Crippen LogP contribution is 2.30. The van der Waals surface area contributed by atoms with Gasteiger partial charge in [-0.05, 0) is 113 Å². The van der Waals surface area contributed by atoms with E-state index in [2.05, 4.69) is 21.3 Å². The zero-order chi connectivity index (χ0) is 50.0. The molecule has 2 heterocycles. The number of aryl methyl sites for hydroxylation is 2. The van der Waals surface area contributed by atoms with E-state index in [1.807, 2.05) is 90.1 Å². The Labute approximate surface area is 397 Å². The molecule has 16 heteroatoms. The Morgan fingerprint density at radius 1 is 0.588 bits per heavy atom. The molecule has 0 saturated heterocycles. The highest BCUT2D eigenvalue weighted by molar-refractivity contribution is 6.02. The van der Waals surface area contributed by atoms with Gasteiger partial charge in [-0.3, -0.25) is 19.2 Å². The molecule has 4 aromatic rings. The summed E-state index contributed by atoms with van der Waals surface area (Å²) in [5, 5.41) is 48.1. The molecule has 2 atom stereocenters. The van der Waals surface area contributed by atoms with Gasteiger partial charge >= 0.3 is 11.9 Å². The van der Waals surface area contributed by atoms with Gasteiger partial charge < -0.3 is 51.2 Å². The van der Waals surface area contributed by atoms with Crippen LogP contribution >= 0.6 is 0 Å². The number of para-hydroxylation sites is 2. The number of carboxylic acid groups (broad SMARTS) is 2. The number of Topliss-reactive ketones (excluding diaryl/α,β-unsaturated/α-hetero) is 2. The first-order valence-electron chi connectivity index (χ1n) is 22.4. The summed E-state index contributed by atoms with van der Waals surface area (Å²) < 4.78 is 11.5. The smallest absolute Gasteiger partial charge is 0.328 e. The molecule has 8 N–H and O–H groups in total. The predicted molar refractivity (Wildman–Crippen MR) is 259 cm³/mol. The fourth-order valence-electron chi connectivity index (χ4n) is 6.99. The van der Waals surface area contributed by atoms with Crippen molar-refractivity contribution >= 4 is 46.7 Å². The molecule has 0 radical (unpaired) electrons. The number of carbonyl (C=O) groups excluding carboxylic acids is 4. The third kappa shape index (κ3) is 18.5. The van der Waals surface area contributed by atoms with Crippen LogP contribution in [0.15, 0.2) is 97.1 Å². The molecule has 2 aliphatic rings. The maximum absolute atomic E-state index is 12.9. The van der Waals surface area contributed by atoms with Gasteiger partial charge in [0.25, 0.3) is 0 Å². The Morgan fingerprint density at radius 2 is 0.956 bits per heavy atom. The van der Waals surface area contributed by atoms with Crippen LogP contribution in [0.1, 0.15) is 97.4 Å². The first-order chi connectivity index (χ1) is 32.1. The number of aliphatic hydroxyl groups is 2. The molecule has 0 fully saturated rings. The number of aliphatic carboxylic acids is 2. The molecule has 4 aromatic carbocycles. The van der Waals surface area contributed by atoms with E-state index in [0.29, 0.717) is 86.4 Å². The largest absolute Gasteiger partial charge is 0.490 e. The van der Waals surface area contributed by atoms with E-state index in [0.717, 1.165) is 33.6 Å². The van der Waals surface area contributed by atoms with Crippen LogP contribution in [0.5, 0.6) is 11.5 Å². The van der Waals surface area contributed by atoms with Crippen molar-refractivity contribution in [2.45, 2.75) is 103 Å². The number of ether oxygens (including phenoxy) is 2. The molecular weight excluding hydrogens is 873 g/mol. The Balaban J connectivity index is 0.000000256. The molecule has 16 nitrogen and oxygen atoms in total. The average Bonchev–Trinajstić information content (AvgIpc) is 3.88. The fourth-order valence-corrected chi connectivity index (χ4v) is 6.99. The number of β-amino-alcohol motifs (C(OH)–C–C–N with tert-alkyl or cyclic N) is 2. The topological polar surface area (TPSA) is 250 Å². The first-order valence-corrected chi connectivity index (χ1v) is 22.4. The van der Waals surface area contributed by atoms with Crippen LogP contribution in [0.2, 0.25) is 0 Å². The number of hydrogen-bond donors (Lipinski definition) is 8. The zero-order valence-electron chi connectivity index (χ0n) is 39.5. The number of anilines is 2. The first kappa shape index (κ1) is 53.9. The van der Waals surface area contributed by atoms with Gasteiger partial charge in [0.15, 0.2) is 11.6 Å². The fraction of sp³-hybridized carbons (Fsp3) is 0.385. The van der Waals surface area contributed by atoms with Crippen molar-refractivity contribution in [3.8, 4) is 11.5 Å². The highest BCUT2D eigenvalue weighted by atomic mass is 16.5. The van der Waals surface area contributed by atoms with Gasteiger partial charge in [-0.1, -0.05) is 48.5 Å². The van der Waals surface area contributed by atoms with Crippen LogP contribution in [-0.4, -0.2) is 105 Å². The Bertz CT molecular complexity index is 2270. The lowest BCUT2D eigenvalue weighted by atomic mass is 9.97. The molecule has 2 unspecified atom stereocenters. The van der Waals surface area contributed by atoms with Crippen LogP contribution in [0.3, 0.4) is 0 Å². The van der Waals surface area contributed by atoms with Crippen molar-refractivity contribution in [1.82, 2.24) is 10.6 Å². The summed E-state index contributed by atoms with van der Waals surface area (Å²) in [6.45, 7) is 13.2. The molecule has 364 valence electrons. The van der Waals surface area contributed by atoms with Crippen molar-refractivity contribution in [3.63, 3.8) is 0 Å². The average molecular weight is 937 g/mol. The number of nitrogens with one attached hydrogen (secondary N) is 4. The van der Waals surface area contributed by atoms with Gasteiger partial charge in [-0.15, -0.1) is 0 Å². The number of amides is 2. The molecule has 0 saturated carbocycles. The summed E-state index contributed by atoms with van der Waals surface area (Å²) in [4.78, 5) is 68.2. The second kappa shape index (κ2) is 25.4. The summed E-state index contributed by atoms with van der Waals surface area (Å²) in [7, 11) is 0. The van der Waals surface area contributed by atoms with Crippen LogP contribution in [0, 0.1) is 0 Å². The lowest BCUT2D eigenvalue weighted by Gasteiger charge is -2.23. The van der Waals surface area contributed by atoms with E-state index in [1.54, 1.807) is 36.4 Å². The molecule has 0 aromatic heterocycles. The van der Waals surface area contributed by atoms with Gasteiger partial charge in [-0.2, -0.15) is 0 Å². The SMILES string of the molecule is CC(C)(C)NCC(O)COc1ccccc1C(=O)CCc1cccc2c1CC(=O)N2.CC(C)(C)NCC(O)COc1ccccc1C(=O)CCc1cccc2c1CC(=O)N2.O=C(O)/C=C/C(=O)O. The lowest BCUT2D eigenvalue weighted by Crippen LogP contribution is -2.42. The third-order valence-electron chi connectivity index (χ3n) is 10.4. The van der Waals surface area contributed by atoms with Crippen LogP contribution in [0.4, 0.5) is 11.4 Å². The minimum atomic E-state index is -1.26. The number of hydrogen-bond acceptors (Lipinski definition) is 12. The summed E-state index contributed by atoms with van der Waals surface area (Å²) in [6.07, 6.45) is 2.24. The summed E-state index contributed by atoms with van der Waals surface area (Å²) in [5.74, 6) is -1.63. The molecule has 0 bridgehead atoms. The third-order valence-corrected chi connectivity index (χ3v) is 10.4. The minimum absolute atomic E-state index is 0.0120. The van der Waals surface area contributed by atoms with Gasteiger partial charge in [0, 0.05) is 60.5 Å². The second-order valence-corrected chi connectivity index (χ2v) is 18.4. The molecule has 68 heavy (non-hydrogen) atoms. The number of ketones is 2. The molecule has 0 aliphatic carbocycles. The Kier molecular flexibility index (Phi) is 20.1. The van der Waals surface area contributed by atoms with Gasteiger partial charge in [0.05, 0.1) is 24.0 Å². The number of carboxylic acids is 2. The standard InChI is InChI=1S/2C24H30N2O4.C4H4O4/c2*1-24(2,3)25-14-17(27)15-30-22-10-5-4-8-18(22)21(28)12-11-16-7-6-9-20-19(16)13-23(29)26-20;5-3(6)1-2-4(7)8/h2*4-10,17,25,27H,11-15H2,1-3H3,(H,26,29);1-2H,(H,5,6)(H,7,8)/b;;2-1+. The lowest BCUT2D eigenvalue weighted by molar-refractivity contribution is -0.134. The summed E-state index contributed by atoms with van der Waals surface area (Å²) in [5.41, 5.74) is 6.51. The van der Waals surface area contributed by atoms with E-state index in [9.17, 15) is 39.0 Å². The number of benzene rings is 4. The Hall–Kier alpha value is -6.72. The van der Waals surface area contributed by atoms with Crippen molar-refractivity contribution in [2.75, 3.05) is 36.9 Å². The summed E-state index contributed by atoms with van der Waals surface area (Å²) >= 11 is 0. The molecule has 2 amide bonds. The van der Waals surface area contributed by atoms with Gasteiger partial charge in [0.2, 0.25) is 11.8 Å². The molecule has 6 rings (SSSR count). The van der Waals surface area contributed by atoms with Crippen LogP contribution in [0.25, 0.3) is 0 Å². The quantitative estimate of drug-likeness (QED) is 0.0376. The normalized spacial score (nSPS) is 13.6. The van der Waals surface area contributed by atoms with Gasteiger partial charge in [-0.25, -0.2) is 9.59 Å². The van der Waals surface area contributed by atoms with E-state index in [4.69, 9.17) is 19.7 Å². The van der Waals surface area contributed by atoms with Crippen molar-refractivity contribution in [3.05, 3.63) is 130 Å². The number of aliphatic hydroxyl groups excluding tert-OH is 2. The van der Waals surface area contributed by atoms with Crippen molar-refractivity contribution in [2.24, 2.45) is 0 Å². The van der Waals surface area contributed by atoms with E-state index in [1.165, 1.54) is 0 Å². The number of carbonyl (C=O) groups is 6. The monoisotopic (exact) mass is 936 g/mol. The van der Waals surface area contributed by atoms with Crippen LogP contribution < -0.4 is 30.7 Å². The Morgan fingerprint density at radius 3 is 1.31 bits per heavy atom. The van der Waals surface area contributed by atoms with E-state index < -0.39 is 24.1 Å². The highest BCUT2D eigenvalue weighted by Gasteiger charge is 2.23. The predicted octanol–water partition coefficient (Wildman–Crippen LogP) is 5.96. The van der Waals surface area contributed by atoms with Crippen molar-refractivity contribution < 1.29 is 58.7 Å². The van der Waals surface area contributed by atoms with Crippen LogP contribution in [-0.2, 0) is 44.9 Å². The van der Waals surface area contributed by atoms with Gasteiger partial charge in [0.1, 0.15) is 36.9 Å². The number of rotatable bonds is 20. The number of fused-ring (bicyclic) bond motifs is 2. The van der Waals surface area contributed by atoms with Crippen molar-refractivity contribution in [1.29, 1.82) is 0 Å². The zero-order valence-corrected chi connectivity index (χ0v) is 39.5. The molecule has 2 aliphatic heterocycles. The minimum Gasteiger partial charge on any atom is -0.490 e. The maximum Gasteiger partial charge on any atom is 0.328 e. The van der Waals surface area contributed by atoms with E-state index >= 15 is 0 Å². The molecule has 0 spiro atoms. The summed E-state index contributed by atoms with van der Waals surface area (Å²) in [6, 6.07) is 25.7. The van der Waals surface area contributed by atoms with E-state index in [-0.39, 0.29) is 47.7 Å².